The molecule has 83 heavy (non-hydrogen) atoms. The highest BCUT2D eigenvalue weighted by atomic mass is 16.8. The third-order valence-corrected chi connectivity index (χ3v) is 15.6. The van der Waals surface area contributed by atoms with E-state index in [0.29, 0.717) is 0 Å². The molecule has 7 rings (SSSR count). The molecular formula is C48H81NO34. The van der Waals surface area contributed by atoms with E-state index in [4.69, 9.17) is 56.8 Å². The summed E-state index contributed by atoms with van der Waals surface area (Å²) in [7, 11) is 0. The molecule has 35 nitrogen and oxygen atoms in total. The number of aliphatic hydroxyl groups excluding tert-OH is 21. The second-order valence-electron chi connectivity index (χ2n) is 21.9. The molecule has 6 aliphatic heterocycles. The molecule has 0 bridgehead atoms. The van der Waals surface area contributed by atoms with Crippen LogP contribution in [0, 0.1) is 5.92 Å². The summed E-state index contributed by atoms with van der Waals surface area (Å²) < 4.78 is 67.7. The van der Waals surface area contributed by atoms with Gasteiger partial charge in [-0.2, -0.15) is 0 Å². The van der Waals surface area contributed by atoms with Crippen molar-refractivity contribution in [3.8, 4) is 0 Å². The lowest BCUT2D eigenvalue weighted by atomic mass is 9.86. The van der Waals surface area contributed by atoms with E-state index in [1.54, 1.807) is 13.8 Å². The summed E-state index contributed by atoms with van der Waals surface area (Å²) >= 11 is 0. The predicted molar refractivity (Wildman–Crippen MR) is 259 cm³/mol. The molecule has 0 aromatic rings. The van der Waals surface area contributed by atoms with Crippen LogP contribution in [0.3, 0.4) is 0 Å². The van der Waals surface area contributed by atoms with E-state index in [2.05, 4.69) is 5.32 Å². The van der Waals surface area contributed by atoms with Crippen molar-refractivity contribution in [2.45, 2.75) is 236 Å². The largest absolute Gasteiger partial charge is 0.463 e. The maximum atomic E-state index is 12.8. The maximum absolute atomic E-state index is 12.8. The van der Waals surface area contributed by atoms with Gasteiger partial charge in [0.2, 0.25) is 0 Å². The molecule has 22 N–H and O–H groups in total. The van der Waals surface area contributed by atoms with Crippen LogP contribution in [0.25, 0.3) is 0 Å². The molecular weight excluding hydrogens is 1130 g/mol. The van der Waals surface area contributed by atoms with Gasteiger partial charge in [-0.05, 0) is 18.4 Å². The first-order valence-electron chi connectivity index (χ1n) is 27.0. The minimum atomic E-state index is -2.20. The average molecular weight is 1220 g/mol. The summed E-state index contributed by atoms with van der Waals surface area (Å²) in [6.07, 6.45) is -58.4. The summed E-state index contributed by atoms with van der Waals surface area (Å²) in [6.45, 7) is -0.480. The summed E-state index contributed by atoms with van der Waals surface area (Å²) in [5, 5.41) is 228. The number of carbonyl (C=O) groups excluding carboxylic acids is 1. The number of carbonyl (C=O) groups is 1. The van der Waals surface area contributed by atoms with Crippen LogP contribution in [0.2, 0.25) is 0 Å². The summed E-state index contributed by atoms with van der Waals surface area (Å²) in [5.41, 5.74) is -0.107. The highest BCUT2D eigenvalue weighted by Crippen LogP contribution is 2.37. The molecule has 0 saturated carbocycles. The first kappa shape index (κ1) is 68.4. The van der Waals surface area contributed by atoms with Crippen molar-refractivity contribution in [1.82, 2.24) is 5.32 Å². The Hall–Kier alpha value is -2.11. The number of nitrogens with one attached hydrogen (secondary N) is 1. The van der Waals surface area contributed by atoms with Gasteiger partial charge in [-0.25, -0.2) is 0 Å². The van der Waals surface area contributed by atoms with Crippen molar-refractivity contribution >= 4 is 5.97 Å². The number of rotatable bonds is 21. The van der Waals surface area contributed by atoms with Gasteiger partial charge in [-0.15, -0.1) is 0 Å². The van der Waals surface area contributed by atoms with Crippen LogP contribution in [-0.2, 0) is 61.6 Å². The Morgan fingerprint density at radius 1 is 0.458 bits per heavy atom. The second-order valence-corrected chi connectivity index (χ2v) is 21.9. The molecule has 34 unspecified atom stereocenters. The zero-order valence-corrected chi connectivity index (χ0v) is 44.9. The van der Waals surface area contributed by atoms with Gasteiger partial charge in [0.1, 0.15) is 159 Å². The van der Waals surface area contributed by atoms with E-state index in [1.807, 2.05) is 0 Å². The van der Waals surface area contributed by atoms with Crippen molar-refractivity contribution in [2.75, 3.05) is 39.6 Å². The number of hydrogen-bond acceptors (Lipinski definition) is 35. The molecule has 1 aliphatic carbocycles. The lowest BCUT2D eigenvalue weighted by Gasteiger charge is -2.50. The summed E-state index contributed by atoms with van der Waals surface area (Å²) in [4.78, 5) is 12.8. The van der Waals surface area contributed by atoms with Crippen molar-refractivity contribution in [1.29, 1.82) is 0 Å². The van der Waals surface area contributed by atoms with Crippen molar-refractivity contribution in [3.05, 3.63) is 11.6 Å². The van der Waals surface area contributed by atoms with Crippen LogP contribution in [0.15, 0.2) is 11.6 Å². The fourth-order valence-electron chi connectivity index (χ4n) is 10.8. The zero-order chi connectivity index (χ0) is 61.2. The van der Waals surface area contributed by atoms with Crippen molar-refractivity contribution in [3.63, 3.8) is 0 Å². The van der Waals surface area contributed by atoms with Crippen LogP contribution in [0.4, 0.5) is 0 Å². The van der Waals surface area contributed by atoms with Gasteiger partial charge in [-0.3, -0.25) is 4.79 Å². The molecule has 6 saturated heterocycles. The van der Waals surface area contributed by atoms with Crippen LogP contribution in [0.5, 0.6) is 0 Å². The molecule has 482 valence electrons. The Bertz CT molecular complexity index is 2050. The van der Waals surface area contributed by atoms with Gasteiger partial charge in [0.15, 0.2) is 37.7 Å². The molecule has 0 amide bonds. The smallest absolute Gasteiger partial charge is 0.306 e. The molecule has 6 heterocycles. The van der Waals surface area contributed by atoms with E-state index in [-0.39, 0.29) is 17.9 Å². The predicted octanol–water partition coefficient (Wildman–Crippen LogP) is -13.5. The molecule has 0 radical (unpaired) electrons. The third-order valence-electron chi connectivity index (χ3n) is 15.6. The second kappa shape index (κ2) is 29.5. The average Bonchev–Trinajstić information content (AvgIpc) is 3.59. The third kappa shape index (κ3) is 14.8. The van der Waals surface area contributed by atoms with E-state index < -0.39 is 254 Å². The summed E-state index contributed by atoms with van der Waals surface area (Å²) in [5.74, 6) is -0.971. The SMILES string of the molecule is CC(C)CC(=O)OCC1OC(OC2C(CO)OC(OC3C(CO)OC(OC4C(CO)OC(O)C(O)C4O)C(O)C3O)C(O)C2O)C(O)C(O)C1OC1OC(C)C(NC2C=C(CO)C(OC3OC(CO)C(O)C(O)C3O)C(O)C2O)C(O)C1O. The van der Waals surface area contributed by atoms with Crippen molar-refractivity contribution in [2.24, 2.45) is 5.92 Å². The quantitative estimate of drug-likeness (QED) is 0.0375. The Labute approximate surface area is 472 Å². The van der Waals surface area contributed by atoms with Gasteiger partial charge >= 0.3 is 5.97 Å². The van der Waals surface area contributed by atoms with Crippen LogP contribution in [-0.4, -0.2) is 361 Å². The molecule has 35 heteroatoms. The lowest BCUT2D eigenvalue weighted by Crippen LogP contribution is -2.69. The molecule has 6 fully saturated rings. The monoisotopic (exact) mass is 1220 g/mol. The molecule has 0 spiro atoms. The van der Waals surface area contributed by atoms with E-state index in [0.717, 1.165) is 0 Å². The van der Waals surface area contributed by atoms with Crippen LogP contribution in [0.1, 0.15) is 27.2 Å². The minimum Gasteiger partial charge on any atom is -0.463 e. The molecule has 7 aliphatic rings. The maximum Gasteiger partial charge on any atom is 0.306 e. The van der Waals surface area contributed by atoms with Gasteiger partial charge < -0.3 is 169 Å². The van der Waals surface area contributed by atoms with Crippen LogP contribution < -0.4 is 5.32 Å². The van der Waals surface area contributed by atoms with Gasteiger partial charge in [0, 0.05) is 6.42 Å². The van der Waals surface area contributed by atoms with Gasteiger partial charge in [0.05, 0.1) is 51.2 Å². The van der Waals surface area contributed by atoms with Gasteiger partial charge in [-0.1, -0.05) is 19.9 Å². The Morgan fingerprint density at radius 2 is 0.855 bits per heavy atom. The normalized spacial score (nSPS) is 50.0. The molecule has 0 aromatic carbocycles. The molecule has 34 atom stereocenters. The number of hydrogen-bond donors (Lipinski definition) is 22. The number of ether oxygens (including phenoxy) is 12. The fraction of sp³-hybridized carbons (Fsp3) is 0.938. The number of aliphatic hydroxyl groups is 21. The van der Waals surface area contributed by atoms with E-state index >= 15 is 0 Å². The lowest BCUT2D eigenvalue weighted by molar-refractivity contribution is -0.391. The highest BCUT2D eigenvalue weighted by Gasteiger charge is 2.57. The van der Waals surface area contributed by atoms with E-state index in [9.17, 15) is 112 Å². The van der Waals surface area contributed by atoms with Crippen molar-refractivity contribution < 1.29 is 169 Å². The minimum absolute atomic E-state index is 0.107. The first-order chi connectivity index (χ1) is 39.2. The summed E-state index contributed by atoms with van der Waals surface area (Å²) in [6, 6.07) is -2.66. The topological polar surface area (TPSA) is 565 Å². The molecule has 0 aromatic heterocycles. The first-order valence-corrected chi connectivity index (χ1v) is 27.0. The fourth-order valence-corrected chi connectivity index (χ4v) is 10.8. The highest BCUT2D eigenvalue weighted by molar-refractivity contribution is 5.69. The zero-order valence-electron chi connectivity index (χ0n) is 44.9. The standard InChI is InChI=1S/C48H81NO34/c1-12(2)4-21(55)72-11-20-42(83-44-33(66)25(58)22(13(3)73-44)49-15-5-14(6-50)38(27(60)23(15)56)79-45-34(67)26(59)24(57)16(7-51)75-45)31(64)37(70)48(78-20)82-41-19(10-54)77-47(36(69)30(41)63)81-40-18(9-53)76-46(35(68)29(40)62)80-39-17(8-52)74-43(71)32(65)28(39)61/h5,12-13,15-20,22-54,56-71H,4,6-11H2,1-3H3. The Balaban J connectivity index is 1.00. The van der Waals surface area contributed by atoms with Gasteiger partial charge in [0.25, 0.3) is 0 Å². The number of esters is 1. The Kier molecular flexibility index (Phi) is 24.3. The van der Waals surface area contributed by atoms with E-state index in [1.165, 1.54) is 13.0 Å². The Morgan fingerprint density at radius 3 is 1.33 bits per heavy atom. The van der Waals surface area contributed by atoms with Crippen LogP contribution >= 0.6 is 0 Å².